The van der Waals surface area contributed by atoms with Gasteiger partial charge in [0.25, 0.3) is 5.75 Å². The third kappa shape index (κ3) is 0.792. The van der Waals surface area contributed by atoms with E-state index in [1.165, 1.54) is 0 Å². The normalized spacial score (nSPS) is 18.5. The lowest BCUT2D eigenvalue weighted by Gasteiger charge is -1.89. The Balaban J connectivity index is 2.58. The molecule has 8 heteroatoms. The molecule has 0 unspecified atom stereocenters. The predicted octanol–water partition coefficient (Wildman–Crippen LogP) is -0.727. The number of nitrogens with two attached hydrogens (primary N) is 1. The molecule has 1 aliphatic heterocycles. The Kier molecular flexibility index (Phi) is 0.906. The van der Waals surface area contributed by atoms with Gasteiger partial charge in [-0.05, 0) is 0 Å². The first-order valence-corrected chi connectivity index (χ1v) is 3.81. The van der Waals surface area contributed by atoms with Gasteiger partial charge in [-0.15, -0.1) is 8.42 Å². The van der Waals surface area contributed by atoms with Crippen molar-refractivity contribution in [3.63, 3.8) is 0 Å². The fraction of sp³-hybridized carbons (Fsp3) is 0. The van der Waals surface area contributed by atoms with E-state index < -0.39 is 10.4 Å². The second kappa shape index (κ2) is 1.59. The minimum absolute atomic E-state index is 0.152. The molecule has 2 heterocycles. The summed E-state index contributed by atoms with van der Waals surface area (Å²) in [4.78, 5) is 0. The third-order valence-corrected chi connectivity index (χ3v) is 1.73. The Morgan fingerprint density at radius 2 is 2.09 bits per heavy atom. The molecular weight excluding hydrogens is 176 g/mol. The van der Waals surface area contributed by atoms with Gasteiger partial charge in [-0.2, -0.15) is 0 Å². The first-order chi connectivity index (χ1) is 5.08. The topological polar surface area (TPSA) is 105 Å². The van der Waals surface area contributed by atoms with Crippen LogP contribution in [0.5, 0.6) is 11.7 Å². The maximum absolute atomic E-state index is 10.5. The van der Waals surface area contributed by atoms with Crippen LogP contribution in [-0.4, -0.2) is 13.6 Å². The van der Waals surface area contributed by atoms with E-state index in [-0.39, 0.29) is 17.5 Å². The highest BCUT2D eigenvalue weighted by molar-refractivity contribution is 7.82. The molecule has 0 amide bonds. The highest BCUT2D eigenvalue weighted by atomic mass is 32.3. The molecule has 0 bridgehead atoms. The summed E-state index contributed by atoms with van der Waals surface area (Å²) >= 11 is 0. The predicted molar refractivity (Wildman–Crippen MR) is 31.1 cm³/mol. The van der Waals surface area contributed by atoms with Crippen molar-refractivity contribution >= 4 is 16.2 Å². The quantitative estimate of drug-likeness (QED) is 0.558. The van der Waals surface area contributed by atoms with Gasteiger partial charge in [0.1, 0.15) is 0 Å². The number of hydrogen-bond acceptors (Lipinski definition) is 7. The van der Waals surface area contributed by atoms with Crippen LogP contribution in [-0.2, 0) is 10.4 Å². The number of nitrogens with zero attached hydrogens (tertiary/aromatic N) is 1. The van der Waals surface area contributed by atoms with Crippen LogP contribution < -0.4 is 14.1 Å². The van der Waals surface area contributed by atoms with Gasteiger partial charge in [-0.1, -0.05) is 5.16 Å². The van der Waals surface area contributed by atoms with Gasteiger partial charge in [-0.3, -0.25) is 0 Å². The molecule has 7 nitrogen and oxygen atoms in total. The van der Waals surface area contributed by atoms with E-state index in [1.807, 2.05) is 0 Å². The van der Waals surface area contributed by atoms with E-state index in [1.54, 1.807) is 0 Å². The maximum Gasteiger partial charge on any atom is 0.504 e. The highest BCUT2D eigenvalue weighted by Crippen LogP contribution is 2.39. The molecule has 0 atom stereocenters. The summed E-state index contributed by atoms with van der Waals surface area (Å²) in [6.07, 6.45) is 0. The molecule has 0 radical (unpaired) electrons. The fourth-order valence-electron chi connectivity index (χ4n) is 0.620. The van der Waals surface area contributed by atoms with Crippen molar-refractivity contribution < 1.29 is 21.3 Å². The van der Waals surface area contributed by atoms with Crippen molar-refractivity contribution in [3.8, 4) is 11.7 Å². The van der Waals surface area contributed by atoms with Gasteiger partial charge in [0.15, 0.2) is 0 Å². The SMILES string of the molecule is Nc1noc2c1OS(=O)(=O)O2. The monoisotopic (exact) mass is 178 g/mol. The van der Waals surface area contributed by atoms with Gasteiger partial charge < -0.3 is 18.6 Å². The molecule has 0 fully saturated rings. The average molecular weight is 178 g/mol. The van der Waals surface area contributed by atoms with E-state index in [0.29, 0.717) is 0 Å². The van der Waals surface area contributed by atoms with Gasteiger partial charge in [0.2, 0.25) is 5.82 Å². The smallest absolute Gasteiger partial charge is 0.378 e. The van der Waals surface area contributed by atoms with Crippen LogP contribution in [0.4, 0.5) is 5.82 Å². The van der Waals surface area contributed by atoms with Crippen molar-refractivity contribution in [1.82, 2.24) is 5.16 Å². The molecule has 0 spiro atoms. The summed E-state index contributed by atoms with van der Waals surface area (Å²) in [6.45, 7) is 0. The van der Waals surface area contributed by atoms with Crippen LogP contribution in [0.25, 0.3) is 0 Å². The first kappa shape index (κ1) is 6.28. The maximum atomic E-state index is 10.5. The molecule has 11 heavy (non-hydrogen) atoms. The zero-order chi connectivity index (χ0) is 8.06. The number of fused-ring (bicyclic) bond motifs is 1. The Labute approximate surface area is 61.0 Å². The van der Waals surface area contributed by atoms with E-state index in [4.69, 9.17) is 5.73 Å². The zero-order valence-corrected chi connectivity index (χ0v) is 5.79. The molecule has 1 aromatic rings. The van der Waals surface area contributed by atoms with Crippen LogP contribution in [0.2, 0.25) is 0 Å². The third-order valence-electron chi connectivity index (χ3n) is 1.01. The second-order valence-electron chi connectivity index (χ2n) is 1.76. The van der Waals surface area contributed by atoms with Gasteiger partial charge in [-0.25, -0.2) is 0 Å². The lowest BCUT2D eigenvalue weighted by Crippen LogP contribution is -2.09. The summed E-state index contributed by atoms with van der Waals surface area (Å²) in [6, 6.07) is 0. The van der Waals surface area contributed by atoms with Crippen molar-refractivity contribution in [2.24, 2.45) is 0 Å². The molecule has 0 saturated heterocycles. The number of aromatic nitrogens is 1. The molecule has 1 aromatic heterocycles. The molecule has 2 N–H and O–H groups in total. The van der Waals surface area contributed by atoms with Crippen molar-refractivity contribution in [2.45, 2.75) is 0 Å². The molecule has 0 aromatic carbocycles. The summed E-state index contributed by atoms with van der Waals surface area (Å²) in [5.41, 5.74) is 5.14. The molecule has 60 valence electrons. The summed E-state index contributed by atoms with van der Waals surface area (Å²) in [7, 11) is -4.00. The minimum Gasteiger partial charge on any atom is -0.378 e. The van der Waals surface area contributed by atoms with E-state index in [9.17, 15) is 8.42 Å². The summed E-state index contributed by atoms with van der Waals surface area (Å²) in [5.74, 6) is -0.673. The number of anilines is 1. The molecular formula is C3H2N2O5S. The number of nitrogen functional groups attached to an aromatic ring is 1. The van der Waals surface area contributed by atoms with Crippen LogP contribution in [0.15, 0.2) is 4.52 Å². The Morgan fingerprint density at radius 3 is 2.73 bits per heavy atom. The largest absolute Gasteiger partial charge is 0.504 e. The van der Waals surface area contributed by atoms with Crippen LogP contribution >= 0.6 is 0 Å². The average Bonchev–Trinajstić information content (AvgIpc) is 2.31. The van der Waals surface area contributed by atoms with E-state index in [0.717, 1.165) is 0 Å². The zero-order valence-electron chi connectivity index (χ0n) is 4.97. The summed E-state index contributed by atoms with van der Waals surface area (Å²) in [5, 5.41) is 3.19. The minimum atomic E-state index is -4.00. The van der Waals surface area contributed by atoms with E-state index >= 15 is 0 Å². The van der Waals surface area contributed by atoms with Crippen LogP contribution in [0.3, 0.4) is 0 Å². The van der Waals surface area contributed by atoms with Crippen molar-refractivity contribution in [2.75, 3.05) is 5.73 Å². The lowest BCUT2D eigenvalue weighted by molar-refractivity contribution is 0.322. The summed E-state index contributed by atoms with van der Waals surface area (Å²) < 4.78 is 33.8. The van der Waals surface area contributed by atoms with Gasteiger partial charge in [0.05, 0.1) is 0 Å². The van der Waals surface area contributed by atoms with Gasteiger partial charge >= 0.3 is 16.3 Å². The Hall–Kier alpha value is -1.44. The van der Waals surface area contributed by atoms with Crippen molar-refractivity contribution in [3.05, 3.63) is 0 Å². The number of rotatable bonds is 0. The van der Waals surface area contributed by atoms with Crippen molar-refractivity contribution in [1.29, 1.82) is 0 Å². The van der Waals surface area contributed by atoms with Crippen LogP contribution in [0, 0.1) is 0 Å². The first-order valence-electron chi connectivity index (χ1n) is 2.47. The molecule has 2 rings (SSSR count). The van der Waals surface area contributed by atoms with Gasteiger partial charge in [0, 0.05) is 0 Å². The Morgan fingerprint density at radius 1 is 1.36 bits per heavy atom. The van der Waals surface area contributed by atoms with E-state index in [2.05, 4.69) is 18.0 Å². The molecule has 0 aliphatic carbocycles. The fourth-order valence-corrected chi connectivity index (χ4v) is 1.30. The lowest BCUT2D eigenvalue weighted by atomic mass is 10.6. The standard InChI is InChI=1S/C3H2N2O5S/c4-2-1-3(8-5-2)10-11(6,7)9-1/h(H2,4,5). The molecule has 1 aliphatic rings. The highest BCUT2D eigenvalue weighted by Gasteiger charge is 2.35. The molecule has 0 saturated carbocycles. The Bertz CT molecular complexity index is 392. The van der Waals surface area contributed by atoms with Crippen LogP contribution in [0.1, 0.15) is 0 Å². The second-order valence-corrected chi connectivity index (χ2v) is 2.91. The number of hydrogen-bond donors (Lipinski definition) is 1.